The maximum Gasteiger partial charge on any atom is 1.00 e. The summed E-state index contributed by atoms with van der Waals surface area (Å²) in [5.74, 6) is 0.745. The molecule has 0 unspecified atom stereocenters. The Bertz CT molecular complexity index is 2860. The number of aldehydes is 1. The summed E-state index contributed by atoms with van der Waals surface area (Å²) < 4.78 is 4.76. The number of ether oxygens (including phenoxy) is 1. The average molecular weight is 1200 g/mol. The first kappa shape index (κ1) is 58.1. The number of hydrogen-bond acceptors (Lipinski definition) is 10. The number of aromatic amines is 1. The molecule has 1 saturated heterocycles. The molecule has 6 heterocycles. The first-order valence-corrected chi connectivity index (χ1v) is 29.7. The van der Waals surface area contributed by atoms with Crippen molar-refractivity contribution < 1.29 is 45.6 Å². The van der Waals surface area contributed by atoms with Gasteiger partial charge in [-0.15, -0.1) is 0 Å². The predicted octanol–water partition coefficient (Wildman–Crippen LogP) is 10.8. The van der Waals surface area contributed by atoms with Crippen LogP contribution in [0.25, 0.3) is 43.6 Å². The van der Waals surface area contributed by atoms with Gasteiger partial charge in [-0.1, -0.05) is 100 Å². The molecule has 9 aromatic rings. The fourth-order valence-electron chi connectivity index (χ4n) is 6.34. The molecule has 18 heteroatoms. The van der Waals surface area contributed by atoms with E-state index in [4.69, 9.17) is 9.84 Å². The van der Waals surface area contributed by atoms with Crippen LogP contribution in [0.2, 0.25) is 0 Å². The summed E-state index contributed by atoms with van der Waals surface area (Å²) in [4.78, 5) is 46.0. The summed E-state index contributed by atoms with van der Waals surface area (Å²) >= 11 is 14.5. The number of alkyl halides is 1. The summed E-state index contributed by atoms with van der Waals surface area (Å²) in [6.45, 7) is 3.89. The van der Waals surface area contributed by atoms with E-state index in [1.165, 1.54) is 47.2 Å². The molecule has 0 bridgehead atoms. The van der Waals surface area contributed by atoms with Crippen LogP contribution in [-0.4, -0.2) is 62.9 Å². The molecule has 10 nitrogen and oxygen atoms in total. The molecule has 0 saturated carbocycles. The topological polar surface area (TPSA) is 144 Å². The van der Waals surface area contributed by atoms with Crippen LogP contribution in [0.5, 0.6) is 0 Å². The number of halogens is 4. The van der Waals surface area contributed by atoms with Crippen molar-refractivity contribution in [2.45, 2.75) is 42.6 Å². The third-order valence-corrected chi connectivity index (χ3v) is 10.9. The van der Waals surface area contributed by atoms with Crippen molar-refractivity contribution in [1.82, 2.24) is 29.9 Å². The van der Waals surface area contributed by atoms with Gasteiger partial charge in [-0.2, -0.15) is 0 Å². The first-order chi connectivity index (χ1) is 31.7. The molecule has 10 rings (SSSR count). The van der Waals surface area contributed by atoms with Crippen LogP contribution in [0.1, 0.15) is 47.0 Å². The van der Waals surface area contributed by atoms with Crippen LogP contribution in [0, 0.1) is 6.92 Å². The van der Waals surface area contributed by atoms with E-state index >= 15 is 0 Å². The number of para-hydroxylation sites is 4. The van der Waals surface area contributed by atoms with Gasteiger partial charge in [0.1, 0.15) is 4.03 Å². The molecular weight excluding hydrogens is 1150 g/mol. The molecule has 0 atom stereocenters. The molecule has 0 aliphatic carbocycles. The van der Waals surface area contributed by atoms with Crippen molar-refractivity contribution in [1.29, 1.82) is 0 Å². The number of aromatic nitrogens is 6. The van der Waals surface area contributed by atoms with E-state index in [0.29, 0.717) is 10.7 Å². The Kier molecular flexibility index (Phi) is 28.2. The standard InChI is InChI=1S/C15H13N3OS.C10H8BrN.C10H9NO.C10H7NO.C4H8O.B.Br3P.Na.H/c1-10-8-14(19)18-15(17-10)20-9-11-6-7-16-13-5-3-2-4-12(11)13;11-7-8-5-6-12-10-4-2-1-3-9(8)10;2*12-7-8-5-6-11-10-4-2-1-3-9(8)10;1-2-4-5-3-1;;1-4(2)3;;/h2-8H,9H2,1H3,(H,17,18,19);1-6H,7H2;1-6,12H,7H2;1-7H;1-4H2;;;;/q;;;;;;;+1;-1. The van der Waals surface area contributed by atoms with E-state index in [0.717, 1.165) is 80.1 Å². The van der Waals surface area contributed by atoms with Crippen molar-refractivity contribution in [3.8, 4) is 0 Å². The molecule has 67 heavy (non-hydrogen) atoms. The SMILES string of the molecule is BrCc1ccnc2ccccc12.BrP(Br)Br.C1CCOC1.Cc1cc(=O)[nH]c(SCc2ccnc3ccccc23)n1.O=Cc1ccnc2ccccc12.OCc1ccnc2ccccc12.[B].[H-].[Na+]. The number of aliphatic hydroxyl groups excluding tert-OH is 1. The van der Waals surface area contributed by atoms with Crippen LogP contribution in [-0.2, 0) is 22.4 Å². The second-order valence-electron chi connectivity index (χ2n) is 13.8. The Morgan fingerprint density at radius 2 is 1.10 bits per heavy atom. The Labute approximate surface area is 453 Å². The number of aryl methyl sites for hydroxylation is 1. The van der Waals surface area contributed by atoms with E-state index < -0.39 is 0 Å². The number of aliphatic hydroxyl groups is 1. The summed E-state index contributed by atoms with van der Waals surface area (Å²) in [6.07, 6.45) is 10.4. The van der Waals surface area contributed by atoms with E-state index in [1.807, 2.05) is 122 Å². The monoisotopic (exact) mass is 1190 g/mol. The molecule has 339 valence electrons. The molecule has 1 aliphatic rings. The second-order valence-corrected chi connectivity index (χ2v) is 30.6. The normalized spacial score (nSPS) is 11.1. The fourth-order valence-corrected chi connectivity index (χ4v) is 7.76. The van der Waals surface area contributed by atoms with Crippen LogP contribution in [0.3, 0.4) is 0 Å². The molecule has 5 aromatic heterocycles. The molecule has 2 N–H and O–H groups in total. The van der Waals surface area contributed by atoms with E-state index in [2.05, 4.69) is 104 Å². The van der Waals surface area contributed by atoms with Gasteiger partial charge in [-0.05, 0) is 131 Å². The maximum absolute atomic E-state index is 11.4. The number of fused-ring (bicyclic) bond motifs is 4. The fraction of sp³-hybridized carbons (Fsp3) is 0.163. The van der Waals surface area contributed by atoms with Crippen molar-refractivity contribution in [2.75, 3.05) is 13.2 Å². The van der Waals surface area contributed by atoms with Gasteiger partial charge in [-0.3, -0.25) is 29.5 Å². The molecule has 1 fully saturated rings. The predicted molar refractivity (Wildman–Crippen MR) is 291 cm³/mol. The molecule has 4 aromatic carbocycles. The third-order valence-electron chi connectivity index (χ3n) is 9.38. The number of benzene rings is 4. The zero-order chi connectivity index (χ0) is 46.2. The number of thioether (sulfide) groups is 1. The zero-order valence-electron chi connectivity index (χ0n) is 37.8. The Balaban J connectivity index is 0.000000295. The van der Waals surface area contributed by atoms with Crippen LogP contribution in [0.4, 0.5) is 0 Å². The van der Waals surface area contributed by atoms with Gasteiger partial charge >= 0.3 is 29.6 Å². The van der Waals surface area contributed by atoms with Gasteiger partial charge in [-0.25, -0.2) is 4.98 Å². The van der Waals surface area contributed by atoms with E-state index in [9.17, 15) is 9.59 Å². The largest absolute Gasteiger partial charge is 1.00 e. The van der Waals surface area contributed by atoms with E-state index in [-0.39, 0.29) is 55.6 Å². The third kappa shape index (κ3) is 19.6. The van der Waals surface area contributed by atoms with Crippen LogP contribution < -0.4 is 35.1 Å². The molecular formula is C49H46BBr4N6NaO4PS. The molecule has 3 radical (unpaired) electrons. The summed E-state index contributed by atoms with van der Waals surface area (Å²) in [5.41, 5.74) is 8.57. The van der Waals surface area contributed by atoms with Gasteiger partial charge in [0.15, 0.2) is 11.4 Å². The maximum atomic E-state index is 11.4. The van der Waals surface area contributed by atoms with Gasteiger partial charge in [0, 0.05) is 96.4 Å². The smallest absolute Gasteiger partial charge is 1.00 e. The molecule has 0 amide bonds. The van der Waals surface area contributed by atoms with Crippen LogP contribution >= 0.6 is 78.2 Å². The quantitative estimate of drug-likeness (QED) is 0.0412. The van der Waals surface area contributed by atoms with Gasteiger partial charge in [0.05, 0.1) is 28.7 Å². The number of pyridine rings is 4. The summed E-state index contributed by atoms with van der Waals surface area (Å²) in [5, 5.41) is 14.9. The van der Waals surface area contributed by atoms with Crippen molar-refractivity contribution in [2.24, 2.45) is 0 Å². The number of carbonyl (C=O) groups is 1. The van der Waals surface area contributed by atoms with Crippen molar-refractivity contribution >= 4 is 136 Å². The number of H-pyrrole nitrogens is 1. The van der Waals surface area contributed by atoms with E-state index in [1.54, 1.807) is 18.5 Å². The second kappa shape index (κ2) is 32.5. The number of nitrogens with one attached hydrogen (secondary N) is 1. The summed E-state index contributed by atoms with van der Waals surface area (Å²) in [6, 6.07) is 40.7. The van der Waals surface area contributed by atoms with Crippen LogP contribution in [0.15, 0.2) is 162 Å². The Morgan fingerprint density at radius 1 is 0.687 bits per heavy atom. The number of nitrogens with zero attached hydrogens (tertiary/aromatic N) is 5. The van der Waals surface area contributed by atoms with Gasteiger partial charge in [0.25, 0.3) is 5.56 Å². The minimum atomic E-state index is -0.183. The molecule has 0 spiro atoms. The minimum Gasteiger partial charge on any atom is -1.00 e. The molecule has 1 aliphatic heterocycles. The van der Waals surface area contributed by atoms with Crippen molar-refractivity contribution in [3.05, 3.63) is 190 Å². The average Bonchev–Trinajstić information content (AvgIpc) is 3.94. The van der Waals surface area contributed by atoms with Gasteiger partial charge in [0.2, 0.25) is 0 Å². The number of rotatable bonds is 6. The number of hydrogen-bond donors (Lipinski definition) is 2. The zero-order valence-corrected chi connectivity index (χ0v) is 46.9. The van der Waals surface area contributed by atoms with Crippen molar-refractivity contribution in [3.63, 3.8) is 0 Å². The minimum absolute atomic E-state index is 0. The number of carbonyl (C=O) groups excluding carboxylic acids is 1. The van der Waals surface area contributed by atoms with Gasteiger partial charge < -0.3 is 16.3 Å². The Morgan fingerprint density at radius 3 is 1.55 bits per heavy atom. The first-order valence-electron chi connectivity index (χ1n) is 20.2. The Hall–Kier alpha value is -3.25. The summed E-state index contributed by atoms with van der Waals surface area (Å²) in [7, 11) is 0.